The van der Waals surface area contributed by atoms with Gasteiger partial charge in [-0.25, -0.2) is 0 Å². The number of halogens is 1. The third-order valence-corrected chi connectivity index (χ3v) is 5.65. The topological polar surface area (TPSA) is 76.5 Å². The van der Waals surface area contributed by atoms with Crippen LogP contribution in [0.5, 0.6) is 0 Å². The number of furan rings is 1. The second-order valence-electron chi connectivity index (χ2n) is 7.52. The summed E-state index contributed by atoms with van der Waals surface area (Å²) in [6, 6.07) is 20.9. The summed E-state index contributed by atoms with van der Waals surface area (Å²) in [7, 11) is 0. The standard InChI is InChI=1S/C24H24N2O3.ClH/c1-16(27)17-7-9-19(10-8-17)22-11-12-23(29-22)24(28)26-14-20(13-25)21(15-26)18-5-3-2-4-6-18;/h2-12,20-21H,13-15,25H2,1H3;1H/t20-,21+;/m1./s1. The van der Waals surface area contributed by atoms with E-state index in [1.165, 1.54) is 12.5 Å². The number of Topliss-reactive ketones (excluding diaryl/α,β-unsaturated/α-hetero) is 1. The lowest BCUT2D eigenvalue weighted by Gasteiger charge is -2.16. The Morgan fingerprint density at radius 3 is 2.33 bits per heavy atom. The molecule has 2 N–H and O–H groups in total. The Balaban J connectivity index is 0.00000256. The lowest BCUT2D eigenvalue weighted by molar-refractivity contribution is 0.0755. The average molecular weight is 425 g/mol. The van der Waals surface area contributed by atoms with Crippen molar-refractivity contribution in [1.29, 1.82) is 0 Å². The van der Waals surface area contributed by atoms with Gasteiger partial charge in [-0.05, 0) is 37.1 Å². The van der Waals surface area contributed by atoms with Gasteiger partial charge in [-0.1, -0.05) is 54.6 Å². The molecule has 2 atom stereocenters. The van der Waals surface area contributed by atoms with Gasteiger partial charge in [0.05, 0.1) is 0 Å². The van der Waals surface area contributed by atoms with Crippen LogP contribution in [0.2, 0.25) is 0 Å². The normalized spacial score (nSPS) is 18.1. The molecule has 0 unspecified atom stereocenters. The number of carbonyl (C=O) groups is 2. The zero-order chi connectivity index (χ0) is 20.4. The molecule has 0 saturated carbocycles. The maximum absolute atomic E-state index is 13.0. The minimum Gasteiger partial charge on any atom is -0.451 e. The molecule has 0 aliphatic carbocycles. The van der Waals surface area contributed by atoms with E-state index in [0.717, 1.165) is 5.56 Å². The summed E-state index contributed by atoms with van der Waals surface area (Å²) in [4.78, 5) is 26.3. The fourth-order valence-electron chi connectivity index (χ4n) is 3.99. The molecule has 1 aliphatic rings. The van der Waals surface area contributed by atoms with E-state index < -0.39 is 0 Å². The van der Waals surface area contributed by atoms with Gasteiger partial charge in [0.15, 0.2) is 11.5 Å². The third-order valence-electron chi connectivity index (χ3n) is 5.65. The summed E-state index contributed by atoms with van der Waals surface area (Å²) in [6.45, 7) is 3.33. The van der Waals surface area contributed by atoms with Crippen molar-refractivity contribution in [3.8, 4) is 11.3 Å². The van der Waals surface area contributed by atoms with Crippen LogP contribution in [-0.2, 0) is 0 Å². The van der Waals surface area contributed by atoms with Crippen LogP contribution in [0, 0.1) is 5.92 Å². The number of rotatable bonds is 5. The molecule has 1 aliphatic heterocycles. The smallest absolute Gasteiger partial charge is 0.289 e. The van der Waals surface area contributed by atoms with Crippen LogP contribution < -0.4 is 5.73 Å². The zero-order valence-electron chi connectivity index (χ0n) is 16.8. The van der Waals surface area contributed by atoms with Gasteiger partial charge in [0.1, 0.15) is 5.76 Å². The average Bonchev–Trinajstić information content (AvgIpc) is 3.41. The van der Waals surface area contributed by atoms with E-state index in [1.807, 2.05) is 35.2 Å². The molecule has 0 bridgehead atoms. The van der Waals surface area contributed by atoms with Crippen molar-refractivity contribution in [2.24, 2.45) is 11.7 Å². The van der Waals surface area contributed by atoms with E-state index in [0.29, 0.717) is 36.7 Å². The van der Waals surface area contributed by atoms with Crippen molar-refractivity contribution < 1.29 is 14.0 Å². The number of benzene rings is 2. The molecule has 1 aromatic heterocycles. The number of ketones is 1. The first-order valence-corrected chi connectivity index (χ1v) is 9.82. The first kappa shape index (κ1) is 21.8. The lowest BCUT2D eigenvalue weighted by Crippen LogP contribution is -2.29. The molecule has 0 spiro atoms. The highest BCUT2D eigenvalue weighted by molar-refractivity contribution is 5.94. The van der Waals surface area contributed by atoms with Gasteiger partial charge in [0, 0.05) is 30.1 Å². The highest BCUT2D eigenvalue weighted by atomic mass is 35.5. The van der Waals surface area contributed by atoms with Gasteiger partial charge in [0.2, 0.25) is 0 Å². The van der Waals surface area contributed by atoms with E-state index >= 15 is 0 Å². The predicted molar refractivity (Wildman–Crippen MR) is 119 cm³/mol. The lowest BCUT2D eigenvalue weighted by atomic mass is 9.89. The van der Waals surface area contributed by atoms with Gasteiger partial charge >= 0.3 is 0 Å². The first-order chi connectivity index (χ1) is 14.1. The second kappa shape index (κ2) is 9.28. The van der Waals surface area contributed by atoms with E-state index in [9.17, 15) is 9.59 Å². The third kappa shape index (κ3) is 4.32. The van der Waals surface area contributed by atoms with Crippen LogP contribution in [0.1, 0.15) is 39.3 Å². The highest BCUT2D eigenvalue weighted by Crippen LogP contribution is 2.33. The molecule has 6 heteroatoms. The van der Waals surface area contributed by atoms with Crippen LogP contribution in [0.15, 0.2) is 71.1 Å². The quantitative estimate of drug-likeness (QED) is 0.616. The van der Waals surface area contributed by atoms with Gasteiger partial charge in [-0.2, -0.15) is 0 Å². The molecule has 156 valence electrons. The molecule has 3 aromatic rings. The maximum atomic E-state index is 13.0. The first-order valence-electron chi connectivity index (χ1n) is 9.82. The summed E-state index contributed by atoms with van der Waals surface area (Å²) in [5, 5.41) is 0. The Morgan fingerprint density at radius 2 is 1.70 bits per heavy atom. The van der Waals surface area contributed by atoms with Crippen molar-refractivity contribution in [2.45, 2.75) is 12.8 Å². The molecule has 2 heterocycles. The Hall–Kier alpha value is -2.89. The number of hydrogen-bond donors (Lipinski definition) is 1. The Labute approximate surface area is 182 Å². The summed E-state index contributed by atoms with van der Waals surface area (Å²) in [5.74, 6) is 1.29. The molecule has 30 heavy (non-hydrogen) atoms. The Morgan fingerprint density at radius 1 is 1.00 bits per heavy atom. The molecule has 4 rings (SSSR count). The van der Waals surface area contributed by atoms with Gasteiger partial charge in [-0.15, -0.1) is 12.4 Å². The maximum Gasteiger partial charge on any atom is 0.289 e. The van der Waals surface area contributed by atoms with Gasteiger partial charge < -0.3 is 15.1 Å². The van der Waals surface area contributed by atoms with Crippen molar-refractivity contribution in [3.05, 3.63) is 83.6 Å². The Bertz CT molecular complexity index is 1010. The van der Waals surface area contributed by atoms with Crippen molar-refractivity contribution in [3.63, 3.8) is 0 Å². The molecular weight excluding hydrogens is 400 g/mol. The molecule has 1 saturated heterocycles. The minimum absolute atomic E-state index is 0. The van der Waals surface area contributed by atoms with Crippen LogP contribution in [0.3, 0.4) is 0 Å². The summed E-state index contributed by atoms with van der Waals surface area (Å²) in [5.41, 5.74) is 8.68. The van der Waals surface area contributed by atoms with Crippen molar-refractivity contribution in [2.75, 3.05) is 19.6 Å². The monoisotopic (exact) mass is 424 g/mol. The molecule has 0 radical (unpaired) electrons. The largest absolute Gasteiger partial charge is 0.451 e. The van der Waals surface area contributed by atoms with Gasteiger partial charge in [0.25, 0.3) is 5.91 Å². The number of amides is 1. The SMILES string of the molecule is CC(=O)c1ccc(-c2ccc(C(=O)N3C[C@@H](CN)[C@H](c4ccccc4)C3)o2)cc1.Cl. The summed E-state index contributed by atoms with van der Waals surface area (Å²) < 4.78 is 5.85. The second-order valence-corrected chi connectivity index (χ2v) is 7.52. The van der Waals surface area contributed by atoms with E-state index in [4.69, 9.17) is 10.2 Å². The van der Waals surface area contributed by atoms with E-state index in [1.54, 1.807) is 24.3 Å². The summed E-state index contributed by atoms with van der Waals surface area (Å²) >= 11 is 0. The van der Waals surface area contributed by atoms with Gasteiger partial charge in [-0.3, -0.25) is 9.59 Å². The summed E-state index contributed by atoms with van der Waals surface area (Å²) in [6.07, 6.45) is 0. The fourth-order valence-corrected chi connectivity index (χ4v) is 3.99. The molecular formula is C24H25ClN2O3. The number of carbonyl (C=O) groups excluding carboxylic acids is 2. The minimum atomic E-state index is -0.117. The predicted octanol–water partition coefficient (Wildman–Crippen LogP) is 4.39. The van der Waals surface area contributed by atoms with Crippen LogP contribution in [0.25, 0.3) is 11.3 Å². The van der Waals surface area contributed by atoms with Crippen LogP contribution in [0.4, 0.5) is 0 Å². The Kier molecular flexibility index (Phi) is 6.75. The van der Waals surface area contributed by atoms with E-state index in [-0.39, 0.29) is 35.9 Å². The molecule has 1 fully saturated rings. The highest BCUT2D eigenvalue weighted by Gasteiger charge is 2.36. The number of nitrogens with two attached hydrogens (primary N) is 1. The number of likely N-dealkylation sites (tertiary alicyclic amines) is 1. The van der Waals surface area contributed by atoms with Crippen LogP contribution >= 0.6 is 12.4 Å². The number of nitrogens with zero attached hydrogens (tertiary/aromatic N) is 1. The van der Waals surface area contributed by atoms with E-state index in [2.05, 4.69) is 12.1 Å². The molecule has 5 nitrogen and oxygen atoms in total. The zero-order valence-corrected chi connectivity index (χ0v) is 17.6. The van der Waals surface area contributed by atoms with Crippen LogP contribution in [-0.4, -0.2) is 36.2 Å². The van der Waals surface area contributed by atoms with Crippen molar-refractivity contribution >= 4 is 24.1 Å². The fraction of sp³-hybridized carbons (Fsp3) is 0.250. The molecule has 1 amide bonds. The van der Waals surface area contributed by atoms with Crippen molar-refractivity contribution in [1.82, 2.24) is 4.90 Å². The number of hydrogen-bond acceptors (Lipinski definition) is 4. The molecule has 2 aromatic carbocycles.